The lowest BCUT2D eigenvalue weighted by Gasteiger charge is -2.34. The Balaban J connectivity index is 1.50. The van der Waals surface area contributed by atoms with Crippen molar-refractivity contribution in [3.63, 3.8) is 0 Å². The van der Waals surface area contributed by atoms with Crippen LogP contribution in [0.3, 0.4) is 0 Å². The minimum absolute atomic E-state index is 0.0756. The van der Waals surface area contributed by atoms with E-state index in [1.165, 1.54) is 0 Å². The van der Waals surface area contributed by atoms with Gasteiger partial charge in [-0.05, 0) is 37.8 Å². The van der Waals surface area contributed by atoms with Crippen LogP contribution in [0.5, 0.6) is 0 Å². The molecule has 2 aliphatic rings. The van der Waals surface area contributed by atoms with Crippen LogP contribution in [-0.2, 0) is 19.6 Å². The van der Waals surface area contributed by atoms with Crippen molar-refractivity contribution >= 4 is 15.9 Å². The summed E-state index contributed by atoms with van der Waals surface area (Å²) in [5.41, 5.74) is 1.02. The van der Waals surface area contributed by atoms with E-state index in [2.05, 4.69) is 10.0 Å². The predicted molar refractivity (Wildman–Crippen MR) is 103 cm³/mol. The summed E-state index contributed by atoms with van der Waals surface area (Å²) in [4.78, 5) is 14.7. The van der Waals surface area contributed by atoms with Crippen molar-refractivity contribution in [3.8, 4) is 0 Å². The molecule has 27 heavy (non-hydrogen) atoms. The standard InChI is InChI=1S/C19H29N3O4S/c1-15-4-6-18(7-5-15)27(24,25)21-12-16-3-2-9-22(13-16)19(23)11-17-14-26-10-8-20-17/h4-7,16-17,20-21H,2-3,8-14H2,1H3. The van der Waals surface area contributed by atoms with Crippen molar-refractivity contribution in [1.82, 2.24) is 14.9 Å². The van der Waals surface area contributed by atoms with Crippen LogP contribution >= 0.6 is 0 Å². The van der Waals surface area contributed by atoms with E-state index in [0.717, 1.165) is 31.5 Å². The molecule has 2 saturated heterocycles. The Morgan fingerprint density at radius 3 is 2.81 bits per heavy atom. The number of carbonyl (C=O) groups is 1. The number of hydrogen-bond acceptors (Lipinski definition) is 5. The summed E-state index contributed by atoms with van der Waals surface area (Å²) < 4.78 is 33.0. The van der Waals surface area contributed by atoms with E-state index in [9.17, 15) is 13.2 Å². The average Bonchev–Trinajstić information content (AvgIpc) is 2.68. The molecule has 0 radical (unpaired) electrons. The molecule has 2 unspecified atom stereocenters. The first-order valence-corrected chi connectivity index (χ1v) is 11.1. The largest absolute Gasteiger partial charge is 0.378 e. The Morgan fingerprint density at radius 1 is 1.33 bits per heavy atom. The maximum Gasteiger partial charge on any atom is 0.240 e. The van der Waals surface area contributed by atoms with E-state index in [-0.39, 0.29) is 22.8 Å². The molecular weight excluding hydrogens is 366 g/mol. The van der Waals surface area contributed by atoms with Crippen LogP contribution < -0.4 is 10.0 Å². The first kappa shape index (κ1) is 20.3. The van der Waals surface area contributed by atoms with Gasteiger partial charge in [0.25, 0.3) is 0 Å². The van der Waals surface area contributed by atoms with Crippen molar-refractivity contribution in [3.05, 3.63) is 29.8 Å². The summed E-state index contributed by atoms with van der Waals surface area (Å²) in [5.74, 6) is 0.252. The monoisotopic (exact) mass is 395 g/mol. The molecule has 0 spiro atoms. The fourth-order valence-electron chi connectivity index (χ4n) is 3.58. The predicted octanol–water partition coefficient (Wildman–Crippen LogP) is 0.890. The molecule has 3 rings (SSSR count). The molecular formula is C19H29N3O4S. The topological polar surface area (TPSA) is 87.7 Å². The van der Waals surface area contributed by atoms with Crippen LogP contribution in [0.15, 0.2) is 29.2 Å². The second-order valence-electron chi connectivity index (χ2n) is 7.44. The van der Waals surface area contributed by atoms with Crippen LogP contribution in [-0.4, -0.2) is 64.7 Å². The second-order valence-corrected chi connectivity index (χ2v) is 9.21. The Hall–Kier alpha value is -1.48. The van der Waals surface area contributed by atoms with Gasteiger partial charge in [-0.3, -0.25) is 4.79 Å². The van der Waals surface area contributed by atoms with Crippen LogP contribution in [0, 0.1) is 12.8 Å². The van der Waals surface area contributed by atoms with Gasteiger partial charge in [-0.2, -0.15) is 0 Å². The van der Waals surface area contributed by atoms with Crippen molar-refractivity contribution in [2.24, 2.45) is 5.92 Å². The summed E-state index contributed by atoms with van der Waals surface area (Å²) in [6.45, 7) is 5.66. The minimum Gasteiger partial charge on any atom is -0.378 e. The van der Waals surface area contributed by atoms with Gasteiger partial charge in [0, 0.05) is 38.6 Å². The molecule has 0 aliphatic carbocycles. The molecule has 1 amide bonds. The van der Waals surface area contributed by atoms with Crippen molar-refractivity contribution < 1.29 is 17.9 Å². The summed E-state index contributed by atoms with van der Waals surface area (Å²) in [7, 11) is -3.52. The third-order valence-corrected chi connectivity index (χ3v) is 6.62. The summed E-state index contributed by atoms with van der Waals surface area (Å²) in [6.07, 6.45) is 2.25. The third kappa shape index (κ3) is 5.75. The Morgan fingerprint density at radius 2 is 2.11 bits per heavy atom. The number of rotatable bonds is 6. The molecule has 8 heteroatoms. The van der Waals surface area contributed by atoms with Crippen LogP contribution in [0.1, 0.15) is 24.8 Å². The van der Waals surface area contributed by atoms with Gasteiger partial charge in [0.2, 0.25) is 15.9 Å². The molecule has 0 saturated carbocycles. The molecule has 2 atom stereocenters. The normalized spacial score (nSPS) is 24.0. The molecule has 2 heterocycles. The number of likely N-dealkylation sites (tertiary alicyclic amines) is 1. The molecule has 2 fully saturated rings. The summed E-state index contributed by atoms with van der Waals surface area (Å²) >= 11 is 0. The summed E-state index contributed by atoms with van der Waals surface area (Å²) in [5, 5.41) is 3.30. The molecule has 0 aromatic heterocycles. The van der Waals surface area contributed by atoms with E-state index in [1.807, 2.05) is 11.8 Å². The number of nitrogens with zero attached hydrogens (tertiary/aromatic N) is 1. The number of morpholine rings is 1. The van der Waals surface area contributed by atoms with Gasteiger partial charge in [-0.1, -0.05) is 17.7 Å². The smallest absolute Gasteiger partial charge is 0.240 e. The molecule has 7 nitrogen and oxygen atoms in total. The number of piperidine rings is 1. The highest BCUT2D eigenvalue weighted by molar-refractivity contribution is 7.89. The van der Waals surface area contributed by atoms with E-state index in [4.69, 9.17) is 4.74 Å². The fraction of sp³-hybridized carbons (Fsp3) is 0.632. The quantitative estimate of drug-likeness (QED) is 0.747. The fourth-order valence-corrected chi connectivity index (χ4v) is 4.69. The lowest BCUT2D eigenvalue weighted by Crippen LogP contribution is -2.48. The Labute approximate surface area is 161 Å². The van der Waals surface area contributed by atoms with Crippen LogP contribution in [0.4, 0.5) is 0 Å². The zero-order valence-electron chi connectivity index (χ0n) is 15.8. The average molecular weight is 396 g/mol. The molecule has 0 bridgehead atoms. The van der Waals surface area contributed by atoms with Crippen LogP contribution in [0.25, 0.3) is 0 Å². The van der Waals surface area contributed by atoms with Gasteiger partial charge in [0.1, 0.15) is 0 Å². The van der Waals surface area contributed by atoms with Crippen molar-refractivity contribution in [2.45, 2.75) is 37.1 Å². The number of amides is 1. The lowest BCUT2D eigenvalue weighted by molar-refractivity contribution is -0.134. The Bertz CT molecular complexity index is 730. The SMILES string of the molecule is Cc1ccc(S(=O)(=O)NCC2CCCN(C(=O)CC3COCCN3)C2)cc1. The number of ether oxygens (including phenoxy) is 1. The zero-order valence-corrected chi connectivity index (χ0v) is 16.6. The molecule has 2 N–H and O–H groups in total. The summed E-state index contributed by atoms with van der Waals surface area (Å²) in [6, 6.07) is 6.89. The lowest BCUT2D eigenvalue weighted by atomic mass is 9.97. The second kappa shape index (κ2) is 9.14. The molecule has 150 valence electrons. The highest BCUT2D eigenvalue weighted by Gasteiger charge is 2.27. The van der Waals surface area contributed by atoms with E-state index < -0.39 is 10.0 Å². The highest BCUT2D eigenvalue weighted by Crippen LogP contribution is 2.18. The number of hydrogen-bond donors (Lipinski definition) is 2. The highest BCUT2D eigenvalue weighted by atomic mass is 32.2. The number of nitrogens with one attached hydrogen (secondary N) is 2. The number of aryl methyl sites for hydroxylation is 1. The zero-order chi connectivity index (χ0) is 19.3. The van der Waals surface area contributed by atoms with Crippen LogP contribution in [0.2, 0.25) is 0 Å². The maximum atomic E-state index is 12.6. The molecule has 2 aliphatic heterocycles. The van der Waals surface area contributed by atoms with Gasteiger partial charge in [-0.25, -0.2) is 13.1 Å². The van der Waals surface area contributed by atoms with Gasteiger partial charge in [0.05, 0.1) is 18.1 Å². The maximum absolute atomic E-state index is 12.6. The third-order valence-electron chi connectivity index (χ3n) is 5.18. The molecule has 1 aromatic rings. The first-order chi connectivity index (χ1) is 12.9. The minimum atomic E-state index is -3.52. The number of carbonyl (C=O) groups excluding carboxylic acids is 1. The van der Waals surface area contributed by atoms with E-state index >= 15 is 0 Å². The van der Waals surface area contributed by atoms with Gasteiger partial charge in [-0.15, -0.1) is 0 Å². The van der Waals surface area contributed by atoms with Gasteiger partial charge >= 0.3 is 0 Å². The number of sulfonamides is 1. The molecule has 1 aromatic carbocycles. The first-order valence-electron chi connectivity index (χ1n) is 9.59. The van der Waals surface area contributed by atoms with Crippen molar-refractivity contribution in [2.75, 3.05) is 39.4 Å². The number of benzene rings is 1. The van der Waals surface area contributed by atoms with E-state index in [1.54, 1.807) is 24.3 Å². The van der Waals surface area contributed by atoms with Gasteiger partial charge in [0.15, 0.2) is 0 Å². The Kier molecular flexibility index (Phi) is 6.86. The van der Waals surface area contributed by atoms with E-state index in [0.29, 0.717) is 32.7 Å². The van der Waals surface area contributed by atoms with Crippen molar-refractivity contribution in [1.29, 1.82) is 0 Å². The van der Waals surface area contributed by atoms with Gasteiger partial charge < -0.3 is 15.0 Å².